The van der Waals surface area contributed by atoms with Crippen molar-refractivity contribution in [1.29, 1.82) is 0 Å². The highest BCUT2D eigenvalue weighted by atomic mass is 19.4. The first-order valence-corrected chi connectivity index (χ1v) is 5.64. The topological polar surface area (TPSA) is 26.3 Å². The quantitative estimate of drug-likeness (QED) is 0.811. The van der Waals surface area contributed by atoms with Crippen LogP contribution in [0, 0.1) is 0 Å². The molecule has 0 saturated heterocycles. The molecule has 0 amide bonds. The highest BCUT2D eigenvalue weighted by Crippen LogP contribution is 2.24. The number of rotatable bonds is 5. The Bertz CT molecular complexity index is 425. The molecule has 0 unspecified atom stereocenters. The minimum atomic E-state index is -4.75. The monoisotopic (exact) mass is 260 g/mol. The minimum Gasteiger partial charge on any atom is -0.496 e. The smallest absolute Gasteiger partial charge is 0.449 e. The fourth-order valence-electron chi connectivity index (χ4n) is 1.64. The Hall–Kier alpha value is -1.52. The van der Waals surface area contributed by atoms with Gasteiger partial charge in [-0.05, 0) is 30.0 Å². The Balaban J connectivity index is 2.80. The highest BCUT2D eigenvalue weighted by Gasteiger charge is 2.37. The molecular weight excluding hydrogens is 245 g/mol. The zero-order valence-corrected chi connectivity index (χ0v) is 10.3. The lowest BCUT2D eigenvalue weighted by molar-refractivity contribution is -0.171. The third-order valence-electron chi connectivity index (χ3n) is 2.69. The van der Waals surface area contributed by atoms with E-state index in [9.17, 15) is 18.0 Å². The fraction of sp³-hybridized carbons (Fsp3) is 0.462. The molecular formula is C13H15F3O2. The summed E-state index contributed by atoms with van der Waals surface area (Å²) in [7, 11) is 1.45. The number of halogens is 3. The molecule has 0 aliphatic rings. The van der Waals surface area contributed by atoms with Crippen LogP contribution >= 0.6 is 0 Å². The zero-order valence-electron chi connectivity index (χ0n) is 10.3. The summed E-state index contributed by atoms with van der Waals surface area (Å²) in [5.41, 5.74) is 1.64. The molecule has 0 radical (unpaired) electrons. The zero-order chi connectivity index (χ0) is 13.8. The van der Waals surface area contributed by atoms with Gasteiger partial charge in [-0.15, -0.1) is 0 Å². The van der Waals surface area contributed by atoms with Crippen LogP contribution in [0.1, 0.15) is 24.5 Å². The molecule has 0 aliphatic carbocycles. The maximum Gasteiger partial charge on any atom is 0.449 e. The van der Waals surface area contributed by atoms with Crippen LogP contribution in [0.3, 0.4) is 0 Å². The van der Waals surface area contributed by atoms with E-state index in [-0.39, 0.29) is 6.42 Å². The molecule has 1 rings (SSSR count). The number of aryl methyl sites for hydroxylation is 2. The van der Waals surface area contributed by atoms with Gasteiger partial charge in [0.15, 0.2) is 0 Å². The average molecular weight is 260 g/mol. The van der Waals surface area contributed by atoms with Gasteiger partial charge in [-0.1, -0.05) is 19.1 Å². The van der Waals surface area contributed by atoms with Crippen molar-refractivity contribution >= 4 is 5.78 Å². The van der Waals surface area contributed by atoms with E-state index in [1.807, 2.05) is 13.0 Å². The number of ether oxygens (including phenoxy) is 1. The van der Waals surface area contributed by atoms with Crippen molar-refractivity contribution in [3.63, 3.8) is 0 Å². The van der Waals surface area contributed by atoms with E-state index in [0.29, 0.717) is 11.3 Å². The first-order chi connectivity index (χ1) is 8.38. The van der Waals surface area contributed by atoms with E-state index in [4.69, 9.17) is 4.74 Å². The SMILES string of the molecule is CCc1ccc(OC)c(CCC(=O)C(F)(F)F)c1. The number of carbonyl (C=O) groups is 1. The lowest BCUT2D eigenvalue weighted by Crippen LogP contribution is -2.22. The van der Waals surface area contributed by atoms with Gasteiger partial charge in [-0.2, -0.15) is 13.2 Å². The summed E-state index contributed by atoms with van der Waals surface area (Å²) < 4.78 is 41.4. The Morgan fingerprint density at radius 2 is 2.00 bits per heavy atom. The van der Waals surface area contributed by atoms with Crippen molar-refractivity contribution in [3.8, 4) is 5.75 Å². The van der Waals surface area contributed by atoms with E-state index in [1.54, 1.807) is 12.1 Å². The van der Waals surface area contributed by atoms with Crippen molar-refractivity contribution in [3.05, 3.63) is 29.3 Å². The van der Waals surface area contributed by atoms with Crippen LogP contribution in [0.5, 0.6) is 5.75 Å². The summed E-state index contributed by atoms with van der Waals surface area (Å²) in [6, 6.07) is 5.35. The number of benzene rings is 1. The van der Waals surface area contributed by atoms with E-state index >= 15 is 0 Å². The first-order valence-electron chi connectivity index (χ1n) is 5.64. The Morgan fingerprint density at radius 1 is 1.33 bits per heavy atom. The molecule has 0 bridgehead atoms. The summed E-state index contributed by atoms with van der Waals surface area (Å²) in [6.07, 6.45) is -4.48. The number of ketones is 1. The summed E-state index contributed by atoms with van der Waals surface area (Å²) in [5, 5.41) is 0. The van der Waals surface area contributed by atoms with E-state index in [0.717, 1.165) is 12.0 Å². The molecule has 0 heterocycles. The van der Waals surface area contributed by atoms with Crippen LogP contribution in [0.25, 0.3) is 0 Å². The predicted octanol–water partition coefficient (Wildman–Crippen LogP) is 3.32. The second-order valence-corrected chi connectivity index (χ2v) is 3.92. The molecule has 0 saturated carbocycles. The van der Waals surface area contributed by atoms with E-state index < -0.39 is 18.4 Å². The second kappa shape index (κ2) is 5.89. The third-order valence-corrected chi connectivity index (χ3v) is 2.69. The highest BCUT2D eigenvalue weighted by molar-refractivity contribution is 5.84. The molecule has 0 atom stereocenters. The predicted molar refractivity (Wildman–Crippen MR) is 61.8 cm³/mol. The molecule has 0 aromatic heterocycles. The summed E-state index contributed by atoms with van der Waals surface area (Å²) in [4.78, 5) is 10.8. The molecule has 0 N–H and O–H groups in total. The molecule has 1 aromatic carbocycles. The number of carbonyl (C=O) groups excluding carboxylic acids is 1. The van der Waals surface area contributed by atoms with Crippen molar-refractivity contribution in [2.75, 3.05) is 7.11 Å². The van der Waals surface area contributed by atoms with E-state index in [2.05, 4.69) is 0 Å². The summed E-state index contributed by atoms with van der Waals surface area (Å²) >= 11 is 0. The lowest BCUT2D eigenvalue weighted by Gasteiger charge is -2.10. The minimum absolute atomic E-state index is 0.0371. The van der Waals surface area contributed by atoms with Gasteiger partial charge in [0.2, 0.25) is 5.78 Å². The molecule has 100 valence electrons. The Kier molecular flexibility index (Phi) is 4.76. The van der Waals surface area contributed by atoms with Gasteiger partial charge >= 0.3 is 6.18 Å². The molecule has 1 aromatic rings. The van der Waals surface area contributed by atoms with Crippen molar-refractivity contribution in [2.24, 2.45) is 0 Å². The van der Waals surface area contributed by atoms with Crippen LogP contribution in [0.2, 0.25) is 0 Å². The first kappa shape index (κ1) is 14.5. The van der Waals surface area contributed by atoms with Crippen LogP contribution in [0.15, 0.2) is 18.2 Å². The number of alkyl halides is 3. The number of Topliss-reactive ketones (excluding diaryl/α,β-unsaturated/α-hetero) is 1. The van der Waals surface area contributed by atoms with Gasteiger partial charge < -0.3 is 4.74 Å². The van der Waals surface area contributed by atoms with Gasteiger partial charge in [-0.25, -0.2) is 0 Å². The van der Waals surface area contributed by atoms with Crippen LogP contribution < -0.4 is 4.74 Å². The van der Waals surface area contributed by atoms with Crippen LogP contribution in [0.4, 0.5) is 13.2 Å². The van der Waals surface area contributed by atoms with Gasteiger partial charge in [0.25, 0.3) is 0 Å². The molecule has 5 heteroatoms. The lowest BCUT2D eigenvalue weighted by atomic mass is 10.0. The molecule has 0 fully saturated rings. The van der Waals surface area contributed by atoms with Crippen molar-refractivity contribution < 1.29 is 22.7 Å². The van der Waals surface area contributed by atoms with Crippen LogP contribution in [-0.4, -0.2) is 19.1 Å². The second-order valence-electron chi connectivity index (χ2n) is 3.92. The number of hydrogen-bond acceptors (Lipinski definition) is 2. The molecule has 18 heavy (non-hydrogen) atoms. The normalized spacial score (nSPS) is 11.4. The number of methoxy groups -OCH3 is 1. The van der Waals surface area contributed by atoms with Crippen molar-refractivity contribution in [1.82, 2.24) is 0 Å². The van der Waals surface area contributed by atoms with Gasteiger partial charge in [0.05, 0.1) is 7.11 Å². The standard InChI is InChI=1S/C13H15F3O2/c1-3-9-4-6-11(18-2)10(8-9)5-7-12(17)13(14,15)16/h4,6,8H,3,5,7H2,1-2H3. The van der Waals surface area contributed by atoms with Crippen molar-refractivity contribution in [2.45, 2.75) is 32.4 Å². The number of hydrogen-bond donors (Lipinski definition) is 0. The van der Waals surface area contributed by atoms with Crippen LogP contribution in [-0.2, 0) is 17.6 Å². The third kappa shape index (κ3) is 3.75. The summed E-state index contributed by atoms with van der Waals surface area (Å²) in [6.45, 7) is 1.95. The Morgan fingerprint density at radius 3 is 2.50 bits per heavy atom. The summed E-state index contributed by atoms with van der Waals surface area (Å²) in [5.74, 6) is -1.19. The average Bonchev–Trinajstić information content (AvgIpc) is 2.34. The van der Waals surface area contributed by atoms with Gasteiger partial charge in [0, 0.05) is 6.42 Å². The largest absolute Gasteiger partial charge is 0.496 e. The maximum atomic E-state index is 12.1. The molecule has 0 aliphatic heterocycles. The van der Waals surface area contributed by atoms with E-state index in [1.165, 1.54) is 7.11 Å². The Labute approximate surface area is 104 Å². The molecule has 2 nitrogen and oxygen atoms in total. The van der Waals surface area contributed by atoms with Gasteiger partial charge in [-0.3, -0.25) is 4.79 Å². The van der Waals surface area contributed by atoms with Gasteiger partial charge in [0.1, 0.15) is 5.75 Å². The fourth-order valence-corrected chi connectivity index (χ4v) is 1.64. The molecule has 0 spiro atoms. The maximum absolute atomic E-state index is 12.1.